The average Bonchev–Trinajstić information content (AvgIpc) is 3.32. The van der Waals surface area contributed by atoms with Gasteiger partial charge in [0.05, 0.1) is 6.26 Å². The fourth-order valence-corrected chi connectivity index (χ4v) is 2.54. The van der Waals surface area contributed by atoms with Crippen LogP contribution < -0.4 is 0 Å². The first kappa shape index (κ1) is 22.6. The van der Waals surface area contributed by atoms with Gasteiger partial charge in [0.2, 0.25) is 0 Å². The van der Waals surface area contributed by atoms with Gasteiger partial charge in [0.25, 0.3) is 0 Å². The van der Waals surface area contributed by atoms with Crippen LogP contribution in [0.1, 0.15) is 36.0 Å². The Morgan fingerprint density at radius 3 is 2.00 bits per heavy atom. The second-order valence-electron chi connectivity index (χ2n) is 5.09. The maximum absolute atomic E-state index is 4.83. The van der Waals surface area contributed by atoms with Gasteiger partial charge >= 0.3 is 0 Å². The molecule has 0 amide bonds. The minimum absolute atomic E-state index is 0.913. The van der Waals surface area contributed by atoms with Crippen molar-refractivity contribution < 1.29 is 9.15 Å². The maximum Gasteiger partial charge on any atom is 0.100 e. The minimum atomic E-state index is 0.913. The molecule has 0 radical (unpaired) electrons. The quantitative estimate of drug-likeness (QED) is 0.460. The Labute approximate surface area is 155 Å². The minimum Gasteiger partial charge on any atom is -0.470 e. The van der Waals surface area contributed by atoms with Gasteiger partial charge in [-0.25, -0.2) is 0 Å². The van der Waals surface area contributed by atoms with E-state index in [1.165, 1.54) is 23.3 Å². The summed E-state index contributed by atoms with van der Waals surface area (Å²) in [5.41, 5.74) is 1.36. The zero-order valence-electron chi connectivity index (χ0n) is 15.5. The zero-order valence-corrected chi connectivity index (χ0v) is 17.1. The van der Waals surface area contributed by atoms with Crippen molar-refractivity contribution in [3.05, 3.63) is 68.9 Å². The van der Waals surface area contributed by atoms with Gasteiger partial charge in [-0.15, -0.1) is 11.3 Å². The van der Waals surface area contributed by atoms with E-state index in [2.05, 4.69) is 55.1 Å². The molecule has 0 bridgehead atoms. The third-order valence-corrected chi connectivity index (χ3v) is 4.29. The van der Waals surface area contributed by atoms with Crippen molar-refractivity contribution in [2.45, 2.75) is 40.5 Å². The molecule has 0 saturated carbocycles. The summed E-state index contributed by atoms with van der Waals surface area (Å²) in [6.07, 6.45) is 4.08. The molecule has 0 fully saturated rings. The van der Waals surface area contributed by atoms with Gasteiger partial charge in [-0.3, -0.25) is 0 Å². The summed E-state index contributed by atoms with van der Waals surface area (Å²) in [7, 11) is 1.73. The van der Waals surface area contributed by atoms with Crippen LogP contribution in [0, 0.1) is 20.8 Å². The monoisotopic (exact) mass is 366 g/mol. The molecule has 3 aromatic rings. The number of hydrogen-bond acceptors (Lipinski definition) is 4. The van der Waals surface area contributed by atoms with Crippen LogP contribution in [0.4, 0.5) is 0 Å². The van der Waals surface area contributed by atoms with Crippen LogP contribution >= 0.6 is 22.7 Å². The number of rotatable bonds is 3. The molecule has 134 valence electrons. The molecule has 0 aliphatic carbocycles. The normalized spacial score (nSPS) is 8.88. The highest BCUT2D eigenvalue weighted by Crippen LogP contribution is 2.03. The summed E-state index contributed by atoms with van der Waals surface area (Å²) >= 11 is 3.52. The van der Waals surface area contributed by atoms with Gasteiger partial charge in [-0.2, -0.15) is 11.3 Å². The van der Waals surface area contributed by atoms with Crippen molar-refractivity contribution in [3.8, 4) is 0 Å². The summed E-state index contributed by atoms with van der Waals surface area (Å²) in [5, 5.41) is 6.28. The molecular weight excluding hydrogens is 336 g/mol. The molecule has 24 heavy (non-hydrogen) atoms. The Balaban J connectivity index is 0.000000294. The third-order valence-electron chi connectivity index (χ3n) is 2.69. The van der Waals surface area contributed by atoms with Crippen molar-refractivity contribution in [1.82, 2.24) is 0 Å². The molecule has 0 N–H and O–H groups in total. The summed E-state index contributed by atoms with van der Waals surface area (Å²) < 4.78 is 9.62. The molecule has 2 nitrogen and oxygen atoms in total. The van der Waals surface area contributed by atoms with Gasteiger partial charge in [0, 0.05) is 18.6 Å². The van der Waals surface area contributed by atoms with E-state index < -0.39 is 0 Å². The summed E-state index contributed by atoms with van der Waals surface area (Å²) in [5.74, 6) is 0.968. The lowest BCUT2D eigenvalue weighted by Gasteiger charge is -1.89. The highest BCUT2D eigenvalue weighted by molar-refractivity contribution is 7.09. The summed E-state index contributed by atoms with van der Waals surface area (Å²) in [6, 6.07) is 10.0. The molecule has 4 heteroatoms. The standard InChI is InChI=1S/C5H6O.C5H12O.2C5H6S/c1-5-3-2-4-6-5;1-3-4-5-6-2;1-5-2-3-6-4-5;1-5-3-2-4-6-5/h2-4H,1H3;3-5H2,1-2H3;2*2-4H,1H3. The Morgan fingerprint density at radius 1 is 1.04 bits per heavy atom. The van der Waals surface area contributed by atoms with E-state index in [-0.39, 0.29) is 0 Å². The lowest BCUT2D eigenvalue weighted by Crippen LogP contribution is -1.84. The third kappa shape index (κ3) is 15.5. The topological polar surface area (TPSA) is 22.4 Å². The first-order valence-corrected chi connectivity index (χ1v) is 9.90. The Kier molecular flexibility index (Phi) is 15.6. The van der Waals surface area contributed by atoms with Crippen LogP contribution in [0.5, 0.6) is 0 Å². The fourth-order valence-electron chi connectivity index (χ4n) is 1.34. The first-order valence-electron chi connectivity index (χ1n) is 8.08. The molecule has 3 aromatic heterocycles. The van der Waals surface area contributed by atoms with E-state index in [4.69, 9.17) is 9.15 Å². The van der Waals surface area contributed by atoms with E-state index in [0.29, 0.717) is 0 Å². The van der Waals surface area contributed by atoms with Crippen molar-refractivity contribution in [2.24, 2.45) is 0 Å². The highest BCUT2D eigenvalue weighted by atomic mass is 32.1. The Morgan fingerprint density at radius 2 is 1.83 bits per heavy atom. The van der Waals surface area contributed by atoms with Crippen LogP contribution in [-0.4, -0.2) is 13.7 Å². The number of methoxy groups -OCH3 is 1. The highest BCUT2D eigenvalue weighted by Gasteiger charge is 1.76. The Bertz CT molecular complexity index is 460. The van der Waals surface area contributed by atoms with E-state index >= 15 is 0 Å². The predicted molar refractivity (Wildman–Crippen MR) is 108 cm³/mol. The molecule has 0 aliphatic heterocycles. The zero-order chi connectivity index (χ0) is 18.0. The van der Waals surface area contributed by atoms with Gasteiger partial charge in [-0.05, 0) is 73.2 Å². The number of unbranched alkanes of at least 4 members (excludes halogenated alkanes) is 1. The second kappa shape index (κ2) is 16.5. The lowest BCUT2D eigenvalue weighted by molar-refractivity contribution is 0.194. The van der Waals surface area contributed by atoms with Gasteiger partial charge < -0.3 is 9.15 Å². The molecule has 3 heterocycles. The van der Waals surface area contributed by atoms with Crippen LogP contribution in [-0.2, 0) is 4.74 Å². The number of ether oxygens (including phenoxy) is 1. The van der Waals surface area contributed by atoms with E-state index in [0.717, 1.165) is 12.4 Å². The van der Waals surface area contributed by atoms with Crippen molar-refractivity contribution in [2.75, 3.05) is 13.7 Å². The van der Waals surface area contributed by atoms with Gasteiger partial charge in [0.15, 0.2) is 0 Å². The van der Waals surface area contributed by atoms with Crippen LogP contribution in [0.2, 0.25) is 0 Å². The van der Waals surface area contributed by atoms with Gasteiger partial charge in [0.1, 0.15) is 5.76 Å². The molecular formula is C20H30O2S2. The van der Waals surface area contributed by atoms with E-state index in [9.17, 15) is 0 Å². The Hall–Kier alpha value is -1.36. The molecule has 0 aliphatic rings. The van der Waals surface area contributed by atoms with E-state index in [1.54, 1.807) is 36.0 Å². The predicted octanol–water partition coefficient (Wildman–Crippen LogP) is 7.13. The van der Waals surface area contributed by atoms with Gasteiger partial charge in [-0.1, -0.05) is 19.4 Å². The first-order chi connectivity index (χ1) is 11.6. The van der Waals surface area contributed by atoms with Crippen LogP contribution in [0.15, 0.2) is 57.2 Å². The number of hydrogen-bond donors (Lipinski definition) is 0. The molecule has 3 rings (SSSR count). The van der Waals surface area contributed by atoms with Crippen molar-refractivity contribution in [1.29, 1.82) is 0 Å². The fraction of sp³-hybridized carbons (Fsp3) is 0.400. The van der Waals surface area contributed by atoms with Crippen LogP contribution in [0.25, 0.3) is 0 Å². The molecule has 0 aromatic carbocycles. The van der Waals surface area contributed by atoms with Crippen LogP contribution in [0.3, 0.4) is 0 Å². The summed E-state index contributed by atoms with van der Waals surface area (Å²) in [6.45, 7) is 9.18. The largest absolute Gasteiger partial charge is 0.470 e. The molecule has 0 atom stereocenters. The lowest BCUT2D eigenvalue weighted by atomic mass is 10.4. The smallest absolute Gasteiger partial charge is 0.100 e. The molecule has 0 spiro atoms. The van der Waals surface area contributed by atoms with E-state index in [1.807, 2.05) is 19.1 Å². The second-order valence-corrected chi connectivity index (χ2v) is 7.03. The van der Waals surface area contributed by atoms with Crippen molar-refractivity contribution >= 4 is 22.7 Å². The number of aryl methyl sites for hydroxylation is 3. The molecule has 0 saturated heterocycles. The van der Waals surface area contributed by atoms with Crippen molar-refractivity contribution in [3.63, 3.8) is 0 Å². The average molecular weight is 367 g/mol. The molecule has 0 unspecified atom stereocenters. The number of furan rings is 1. The summed E-state index contributed by atoms with van der Waals surface area (Å²) in [4.78, 5) is 1.38. The SMILES string of the molecule is CCCCOC.Cc1ccco1.Cc1cccs1.Cc1ccsc1. The maximum atomic E-state index is 4.83. The number of thiophene rings is 2.